The van der Waals surface area contributed by atoms with Gasteiger partial charge in [0.25, 0.3) is 0 Å². The smallest absolute Gasteiger partial charge is 0.180 e. The lowest BCUT2D eigenvalue weighted by atomic mass is 10.2. The molecule has 0 amide bonds. The number of methoxy groups -OCH3 is 1. The monoisotopic (exact) mass is 260 g/mol. The van der Waals surface area contributed by atoms with Crippen LogP contribution in [0.5, 0.6) is 5.75 Å². The molecule has 1 aromatic carbocycles. The molecule has 0 fully saturated rings. The third-order valence-corrected chi connectivity index (χ3v) is 2.42. The van der Waals surface area contributed by atoms with Gasteiger partial charge in [0.2, 0.25) is 0 Å². The molecule has 0 saturated carbocycles. The minimum Gasteiger partial charge on any atom is -0.493 e. The van der Waals surface area contributed by atoms with Crippen molar-refractivity contribution in [1.29, 1.82) is 0 Å². The highest BCUT2D eigenvalue weighted by atomic mass is 79.9. The number of nitrogens with zero attached hydrogens (tertiary/aromatic N) is 1. The third kappa shape index (κ3) is 1.14. The molecular formula is C8H6BrFN2O2. The van der Waals surface area contributed by atoms with Gasteiger partial charge in [0, 0.05) is 6.07 Å². The van der Waals surface area contributed by atoms with Crippen LogP contribution in [0.1, 0.15) is 0 Å². The lowest BCUT2D eigenvalue weighted by Gasteiger charge is -2.03. The molecule has 0 bridgehead atoms. The highest BCUT2D eigenvalue weighted by molar-refractivity contribution is 9.10. The number of halogens is 2. The fraction of sp³-hybridized carbons (Fsp3) is 0.125. The Balaban J connectivity index is 2.92. The zero-order chi connectivity index (χ0) is 10.3. The van der Waals surface area contributed by atoms with E-state index in [1.165, 1.54) is 13.2 Å². The zero-order valence-corrected chi connectivity index (χ0v) is 8.76. The van der Waals surface area contributed by atoms with Crippen molar-refractivity contribution in [3.8, 4) is 5.75 Å². The van der Waals surface area contributed by atoms with E-state index in [1.54, 1.807) is 0 Å². The zero-order valence-electron chi connectivity index (χ0n) is 7.17. The van der Waals surface area contributed by atoms with E-state index in [0.29, 0.717) is 11.0 Å². The maximum Gasteiger partial charge on any atom is 0.180 e. The predicted molar refractivity (Wildman–Crippen MR) is 52.6 cm³/mol. The molecule has 1 aromatic heterocycles. The van der Waals surface area contributed by atoms with Gasteiger partial charge in [-0.3, -0.25) is 0 Å². The number of aromatic nitrogens is 1. The first-order chi connectivity index (χ1) is 6.65. The van der Waals surface area contributed by atoms with Crippen molar-refractivity contribution < 1.29 is 13.7 Å². The summed E-state index contributed by atoms with van der Waals surface area (Å²) < 4.78 is 23.5. The molecule has 0 unspecified atom stereocenters. The molecule has 0 spiro atoms. The Morgan fingerprint density at radius 1 is 1.64 bits per heavy atom. The number of anilines is 1. The van der Waals surface area contributed by atoms with Gasteiger partial charge in [-0.25, -0.2) is 4.39 Å². The van der Waals surface area contributed by atoms with Crippen LogP contribution in [0.2, 0.25) is 0 Å². The van der Waals surface area contributed by atoms with Crippen molar-refractivity contribution in [2.45, 2.75) is 0 Å². The lowest BCUT2D eigenvalue weighted by molar-refractivity contribution is 0.390. The SMILES string of the molecule is COc1c(F)c(Br)cc2onc(N)c12. The van der Waals surface area contributed by atoms with E-state index in [2.05, 4.69) is 21.1 Å². The lowest BCUT2D eigenvalue weighted by Crippen LogP contribution is -1.92. The Hall–Kier alpha value is -1.30. The van der Waals surface area contributed by atoms with E-state index in [1.807, 2.05) is 0 Å². The maximum absolute atomic E-state index is 13.5. The normalized spacial score (nSPS) is 10.8. The van der Waals surface area contributed by atoms with Gasteiger partial charge in [0.05, 0.1) is 11.6 Å². The quantitative estimate of drug-likeness (QED) is 0.855. The topological polar surface area (TPSA) is 61.3 Å². The molecule has 2 rings (SSSR count). The van der Waals surface area contributed by atoms with Crippen LogP contribution in [0.3, 0.4) is 0 Å². The van der Waals surface area contributed by atoms with Gasteiger partial charge in [-0.05, 0) is 15.9 Å². The molecule has 0 aliphatic carbocycles. The number of benzene rings is 1. The van der Waals surface area contributed by atoms with Crippen molar-refractivity contribution in [3.05, 3.63) is 16.4 Å². The van der Waals surface area contributed by atoms with E-state index in [0.717, 1.165) is 0 Å². The Morgan fingerprint density at radius 3 is 3.00 bits per heavy atom. The van der Waals surface area contributed by atoms with E-state index in [-0.39, 0.29) is 16.0 Å². The molecule has 0 saturated heterocycles. The number of hydrogen-bond donors (Lipinski definition) is 1. The molecule has 0 atom stereocenters. The Labute approximate surface area is 86.9 Å². The van der Waals surface area contributed by atoms with E-state index in [9.17, 15) is 4.39 Å². The van der Waals surface area contributed by atoms with Crippen LogP contribution >= 0.6 is 15.9 Å². The molecule has 0 radical (unpaired) electrons. The van der Waals surface area contributed by atoms with Crippen molar-refractivity contribution in [2.24, 2.45) is 0 Å². The summed E-state index contributed by atoms with van der Waals surface area (Å²) in [6.07, 6.45) is 0. The second kappa shape index (κ2) is 3.13. The summed E-state index contributed by atoms with van der Waals surface area (Å²) in [5.41, 5.74) is 5.89. The van der Waals surface area contributed by atoms with Gasteiger partial charge in [0.1, 0.15) is 5.39 Å². The minimum atomic E-state index is -0.519. The van der Waals surface area contributed by atoms with Crippen LogP contribution in [0, 0.1) is 5.82 Å². The fourth-order valence-electron chi connectivity index (χ4n) is 1.23. The number of nitrogen functional groups attached to an aromatic ring is 1. The first-order valence-electron chi connectivity index (χ1n) is 3.72. The van der Waals surface area contributed by atoms with Gasteiger partial charge in [-0.1, -0.05) is 5.16 Å². The van der Waals surface area contributed by atoms with Crippen LogP contribution in [0.25, 0.3) is 11.0 Å². The average Bonchev–Trinajstić information content (AvgIpc) is 2.50. The van der Waals surface area contributed by atoms with Gasteiger partial charge >= 0.3 is 0 Å². The Kier molecular flexibility index (Phi) is 2.07. The molecular weight excluding hydrogens is 255 g/mol. The Morgan fingerprint density at radius 2 is 2.36 bits per heavy atom. The number of ether oxygens (including phenoxy) is 1. The molecule has 0 aliphatic rings. The van der Waals surface area contributed by atoms with E-state index < -0.39 is 5.82 Å². The van der Waals surface area contributed by atoms with Gasteiger partial charge in [-0.2, -0.15) is 0 Å². The highest BCUT2D eigenvalue weighted by Gasteiger charge is 2.18. The summed E-state index contributed by atoms with van der Waals surface area (Å²) in [6, 6.07) is 1.45. The minimum absolute atomic E-state index is 0.0353. The van der Waals surface area contributed by atoms with E-state index in [4.69, 9.17) is 15.0 Å². The van der Waals surface area contributed by atoms with Gasteiger partial charge in [-0.15, -0.1) is 0 Å². The van der Waals surface area contributed by atoms with Crippen LogP contribution in [0.4, 0.5) is 10.2 Å². The molecule has 1 heterocycles. The molecule has 14 heavy (non-hydrogen) atoms. The fourth-order valence-corrected chi connectivity index (χ4v) is 1.62. The highest BCUT2D eigenvalue weighted by Crippen LogP contribution is 2.36. The van der Waals surface area contributed by atoms with Crippen LogP contribution in [-0.2, 0) is 0 Å². The van der Waals surface area contributed by atoms with Crippen LogP contribution in [0.15, 0.2) is 15.1 Å². The molecule has 74 valence electrons. The summed E-state index contributed by atoms with van der Waals surface area (Å²) in [5, 5.41) is 3.88. The van der Waals surface area contributed by atoms with Crippen LogP contribution in [-0.4, -0.2) is 12.3 Å². The molecule has 6 heteroatoms. The number of nitrogens with two attached hydrogens (primary N) is 1. The first kappa shape index (κ1) is 9.26. The van der Waals surface area contributed by atoms with Crippen LogP contribution < -0.4 is 10.5 Å². The number of fused-ring (bicyclic) bond motifs is 1. The van der Waals surface area contributed by atoms with Gasteiger partial charge in [0.15, 0.2) is 23.0 Å². The predicted octanol–water partition coefficient (Wildman–Crippen LogP) is 2.32. The second-order valence-electron chi connectivity index (χ2n) is 2.65. The van der Waals surface area contributed by atoms with E-state index >= 15 is 0 Å². The average molecular weight is 261 g/mol. The van der Waals surface area contributed by atoms with Crippen molar-refractivity contribution in [1.82, 2.24) is 5.16 Å². The summed E-state index contributed by atoms with van der Waals surface area (Å²) in [6.45, 7) is 0. The van der Waals surface area contributed by atoms with Gasteiger partial charge < -0.3 is 15.0 Å². The summed E-state index contributed by atoms with van der Waals surface area (Å²) in [4.78, 5) is 0. The standard InChI is InChI=1S/C8H6BrFN2O2/c1-13-7-5-4(14-12-8(5)11)2-3(9)6(7)10/h2H,1H3,(H2,11,12). The largest absolute Gasteiger partial charge is 0.493 e. The molecule has 4 nitrogen and oxygen atoms in total. The molecule has 2 aromatic rings. The summed E-state index contributed by atoms with van der Waals surface area (Å²) >= 11 is 3.03. The Bertz CT molecular complexity index is 498. The molecule has 0 aliphatic heterocycles. The number of rotatable bonds is 1. The third-order valence-electron chi connectivity index (χ3n) is 1.84. The first-order valence-corrected chi connectivity index (χ1v) is 4.51. The van der Waals surface area contributed by atoms with Crippen molar-refractivity contribution >= 4 is 32.7 Å². The van der Waals surface area contributed by atoms with Crippen molar-refractivity contribution in [3.63, 3.8) is 0 Å². The summed E-state index contributed by atoms with van der Waals surface area (Å²) in [5.74, 6) is -0.369. The van der Waals surface area contributed by atoms with Crippen molar-refractivity contribution in [2.75, 3.05) is 12.8 Å². The summed E-state index contributed by atoms with van der Waals surface area (Å²) in [7, 11) is 1.36. The molecule has 2 N–H and O–H groups in total. The number of hydrogen-bond acceptors (Lipinski definition) is 4. The maximum atomic E-state index is 13.5. The second-order valence-corrected chi connectivity index (χ2v) is 3.50.